The number of hydrogen-bond donors (Lipinski definition) is 0. The Morgan fingerprint density at radius 3 is 2.09 bits per heavy atom. The molecular weight excluding hydrogens is 157 g/mol. The average molecular weight is 163 g/mol. The van der Waals surface area contributed by atoms with Crippen LogP contribution in [0.5, 0.6) is 5.75 Å². The van der Waals surface area contributed by atoms with E-state index in [-0.39, 0.29) is 7.18 Å². The largest absolute Gasteiger partial charge is 1.00 e. The van der Waals surface area contributed by atoms with E-state index in [9.17, 15) is 13.2 Å². The SMILES string of the molecule is FC(F)(F)Oc1ccccc1.[H+]. The normalized spacial score (nSPS) is 11.2. The van der Waals surface area contributed by atoms with Crippen molar-refractivity contribution in [1.29, 1.82) is 0 Å². The molecule has 0 saturated carbocycles. The second kappa shape index (κ2) is 2.82. The fraction of sp³-hybridized carbons (Fsp3) is 0.143. The molecule has 0 spiro atoms. The third-order valence-electron chi connectivity index (χ3n) is 0.977. The Morgan fingerprint density at radius 2 is 1.64 bits per heavy atom. The zero-order valence-corrected chi connectivity index (χ0v) is 5.43. The van der Waals surface area contributed by atoms with Gasteiger partial charge in [-0.3, -0.25) is 0 Å². The van der Waals surface area contributed by atoms with Crippen molar-refractivity contribution in [2.24, 2.45) is 0 Å². The van der Waals surface area contributed by atoms with Crippen LogP contribution in [0.2, 0.25) is 0 Å². The predicted octanol–water partition coefficient (Wildman–Crippen LogP) is 2.70. The van der Waals surface area contributed by atoms with Crippen molar-refractivity contribution in [2.45, 2.75) is 6.36 Å². The maximum atomic E-state index is 11.5. The van der Waals surface area contributed by atoms with Crippen LogP contribution in [0.3, 0.4) is 0 Å². The van der Waals surface area contributed by atoms with Gasteiger partial charge in [-0.1, -0.05) is 18.2 Å². The lowest BCUT2D eigenvalue weighted by Gasteiger charge is -2.07. The number of alkyl halides is 3. The molecule has 0 aromatic heterocycles. The molecule has 0 unspecified atom stereocenters. The van der Waals surface area contributed by atoms with Crippen molar-refractivity contribution in [3.8, 4) is 5.75 Å². The van der Waals surface area contributed by atoms with Crippen LogP contribution in [0.1, 0.15) is 1.43 Å². The quantitative estimate of drug-likeness (QED) is 0.618. The standard InChI is InChI=1S/C7H5F3O/c8-7(9,10)11-6-4-2-1-3-5-6/h1-5H/p+1. The number of hydrogen-bond acceptors (Lipinski definition) is 1. The highest BCUT2D eigenvalue weighted by atomic mass is 19.4. The molecule has 0 N–H and O–H groups in total. The van der Waals surface area contributed by atoms with Gasteiger partial charge >= 0.3 is 7.79 Å². The zero-order valence-electron chi connectivity index (χ0n) is 6.43. The van der Waals surface area contributed by atoms with Crippen molar-refractivity contribution >= 4 is 0 Å². The number of halogens is 3. The maximum Gasteiger partial charge on any atom is 1.00 e. The number of para-hydroxylation sites is 1. The highest BCUT2D eigenvalue weighted by Gasteiger charge is 2.30. The van der Waals surface area contributed by atoms with Crippen LogP contribution in [-0.2, 0) is 0 Å². The summed E-state index contributed by atoms with van der Waals surface area (Å²) in [4.78, 5) is 0. The van der Waals surface area contributed by atoms with Gasteiger partial charge < -0.3 is 4.74 Å². The fourth-order valence-electron chi connectivity index (χ4n) is 0.622. The summed E-state index contributed by atoms with van der Waals surface area (Å²) >= 11 is 0. The summed E-state index contributed by atoms with van der Waals surface area (Å²) in [6.45, 7) is 0. The van der Waals surface area contributed by atoms with E-state index in [1.165, 1.54) is 24.3 Å². The molecule has 0 amide bonds. The molecule has 0 atom stereocenters. The van der Waals surface area contributed by atoms with E-state index >= 15 is 0 Å². The lowest BCUT2D eigenvalue weighted by molar-refractivity contribution is -0.274. The monoisotopic (exact) mass is 163 g/mol. The molecule has 0 aliphatic rings. The van der Waals surface area contributed by atoms with E-state index in [0.29, 0.717) is 0 Å². The lowest BCUT2D eigenvalue weighted by atomic mass is 10.3. The van der Waals surface area contributed by atoms with E-state index in [1.807, 2.05) is 0 Å². The van der Waals surface area contributed by atoms with E-state index in [2.05, 4.69) is 4.74 Å². The van der Waals surface area contributed by atoms with Crippen LogP contribution < -0.4 is 4.74 Å². The maximum absolute atomic E-state index is 11.5. The van der Waals surface area contributed by atoms with Crippen LogP contribution in [0, 0.1) is 0 Å². The Morgan fingerprint density at radius 1 is 1.09 bits per heavy atom. The lowest BCUT2D eigenvalue weighted by Crippen LogP contribution is -2.16. The summed E-state index contributed by atoms with van der Waals surface area (Å²) in [5.74, 6) is -0.194. The topological polar surface area (TPSA) is 9.23 Å². The van der Waals surface area contributed by atoms with Gasteiger partial charge in [-0.2, -0.15) is 0 Å². The molecule has 0 heterocycles. The van der Waals surface area contributed by atoms with Crippen molar-refractivity contribution in [2.75, 3.05) is 0 Å². The Balaban J connectivity index is 0.00000121. The van der Waals surface area contributed by atoms with Gasteiger partial charge in [0.05, 0.1) is 0 Å². The van der Waals surface area contributed by atoms with E-state index in [0.717, 1.165) is 0 Å². The Hall–Kier alpha value is -1.19. The van der Waals surface area contributed by atoms with Gasteiger partial charge in [0.25, 0.3) is 0 Å². The first-order chi connectivity index (χ1) is 5.08. The van der Waals surface area contributed by atoms with Crippen LogP contribution in [0.25, 0.3) is 0 Å². The first-order valence-corrected chi connectivity index (χ1v) is 2.89. The second-order valence-electron chi connectivity index (χ2n) is 1.86. The molecule has 0 fully saturated rings. The van der Waals surface area contributed by atoms with E-state index in [1.54, 1.807) is 6.07 Å². The van der Waals surface area contributed by atoms with Crippen LogP contribution in [0.15, 0.2) is 30.3 Å². The molecule has 0 radical (unpaired) electrons. The van der Waals surface area contributed by atoms with Crippen LogP contribution in [0.4, 0.5) is 13.2 Å². The molecule has 1 nitrogen and oxygen atoms in total. The van der Waals surface area contributed by atoms with Crippen LogP contribution >= 0.6 is 0 Å². The van der Waals surface area contributed by atoms with Crippen LogP contribution in [-0.4, -0.2) is 6.36 Å². The molecule has 1 aromatic carbocycles. The van der Waals surface area contributed by atoms with Gasteiger partial charge in [-0.05, 0) is 12.1 Å². The molecule has 60 valence electrons. The molecule has 0 saturated heterocycles. The predicted molar refractivity (Wildman–Crippen MR) is 34.2 cm³/mol. The zero-order chi connectivity index (χ0) is 8.32. The smallest absolute Gasteiger partial charge is 0.406 e. The Labute approximate surface area is 62.9 Å². The van der Waals surface area contributed by atoms with E-state index < -0.39 is 6.36 Å². The Bertz CT molecular complexity index is 222. The molecule has 1 rings (SSSR count). The minimum absolute atomic E-state index is 0. The van der Waals surface area contributed by atoms with Gasteiger partial charge in [-0.15, -0.1) is 13.2 Å². The third-order valence-corrected chi connectivity index (χ3v) is 0.977. The average Bonchev–Trinajstić information content (AvgIpc) is 1.85. The van der Waals surface area contributed by atoms with Crippen molar-refractivity contribution in [3.05, 3.63) is 30.3 Å². The van der Waals surface area contributed by atoms with Crippen molar-refractivity contribution < 1.29 is 19.3 Å². The molecule has 4 heteroatoms. The Kier molecular flexibility index (Phi) is 2.03. The molecule has 0 aliphatic carbocycles. The second-order valence-corrected chi connectivity index (χ2v) is 1.86. The molecule has 0 bridgehead atoms. The highest BCUT2D eigenvalue weighted by molar-refractivity contribution is 5.20. The number of rotatable bonds is 1. The summed E-state index contributed by atoms with van der Waals surface area (Å²) in [6, 6.07) is 7.05. The first-order valence-electron chi connectivity index (χ1n) is 2.89. The molecule has 0 aliphatic heterocycles. The van der Waals surface area contributed by atoms with Gasteiger partial charge in [-0.25, -0.2) is 0 Å². The summed E-state index contributed by atoms with van der Waals surface area (Å²) < 4.78 is 38.2. The minimum atomic E-state index is -4.60. The fourth-order valence-corrected chi connectivity index (χ4v) is 0.622. The van der Waals surface area contributed by atoms with Gasteiger partial charge in [0.15, 0.2) is 0 Å². The van der Waals surface area contributed by atoms with Crippen molar-refractivity contribution in [3.63, 3.8) is 0 Å². The van der Waals surface area contributed by atoms with Crippen molar-refractivity contribution in [1.82, 2.24) is 0 Å². The highest BCUT2D eigenvalue weighted by Crippen LogP contribution is 2.21. The third kappa shape index (κ3) is 2.93. The number of benzene rings is 1. The minimum Gasteiger partial charge on any atom is -0.406 e. The molecule has 11 heavy (non-hydrogen) atoms. The van der Waals surface area contributed by atoms with E-state index in [4.69, 9.17) is 0 Å². The summed E-state index contributed by atoms with van der Waals surface area (Å²) in [5.41, 5.74) is 0. The van der Waals surface area contributed by atoms with Gasteiger partial charge in [0.2, 0.25) is 0 Å². The van der Waals surface area contributed by atoms with Gasteiger partial charge in [0.1, 0.15) is 5.75 Å². The first kappa shape index (κ1) is 7.91. The summed E-state index contributed by atoms with van der Waals surface area (Å²) in [5, 5.41) is 0. The summed E-state index contributed by atoms with van der Waals surface area (Å²) in [6.07, 6.45) is -4.60. The number of ether oxygens (including phenoxy) is 1. The van der Waals surface area contributed by atoms with Gasteiger partial charge in [0, 0.05) is 0 Å². The molecule has 1 aromatic rings. The molecular formula is C7H6F3O+. The summed E-state index contributed by atoms with van der Waals surface area (Å²) in [7, 11) is 0.